The summed E-state index contributed by atoms with van der Waals surface area (Å²) in [7, 11) is 1.81. The Morgan fingerprint density at radius 2 is 1.95 bits per heavy atom. The smallest absolute Gasteiger partial charge is 0.233 e. The van der Waals surface area contributed by atoms with E-state index in [0.29, 0.717) is 10.8 Å². The molecule has 1 aromatic carbocycles. The zero-order chi connectivity index (χ0) is 15.2. The molecule has 0 saturated carbocycles. The molecule has 1 amide bonds. The van der Waals surface area contributed by atoms with E-state index in [0.717, 1.165) is 5.56 Å². The SMILES string of the molecule is CC(c1ccccc1)N(C)C(=O)CSc1nccnc1N. The van der Waals surface area contributed by atoms with Crippen molar-refractivity contribution in [2.75, 3.05) is 18.5 Å². The second kappa shape index (κ2) is 7.08. The van der Waals surface area contributed by atoms with Crippen molar-refractivity contribution >= 4 is 23.5 Å². The van der Waals surface area contributed by atoms with Crippen molar-refractivity contribution in [1.29, 1.82) is 0 Å². The maximum absolute atomic E-state index is 12.3. The molecule has 6 heteroatoms. The first-order chi connectivity index (χ1) is 10.1. The molecule has 1 atom stereocenters. The van der Waals surface area contributed by atoms with E-state index in [9.17, 15) is 4.79 Å². The highest BCUT2D eigenvalue weighted by molar-refractivity contribution is 8.00. The average molecular weight is 302 g/mol. The minimum absolute atomic E-state index is 0.0264. The quantitative estimate of drug-likeness (QED) is 0.859. The third kappa shape index (κ3) is 3.95. The van der Waals surface area contributed by atoms with Crippen molar-refractivity contribution < 1.29 is 4.79 Å². The number of rotatable bonds is 5. The molecule has 21 heavy (non-hydrogen) atoms. The summed E-state index contributed by atoms with van der Waals surface area (Å²) in [5, 5.41) is 0.589. The third-order valence-corrected chi connectivity index (χ3v) is 4.26. The number of nitrogens with zero attached hydrogens (tertiary/aromatic N) is 3. The van der Waals surface area contributed by atoms with Crippen LogP contribution in [0.1, 0.15) is 18.5 Å². The van der Waals surface area contributed by atoms with E-state index in [1.165, 1.54) is 18.0 Å². The topological polar surface area (TPSA) is 72.1 Å². The Morgan fingerprint density at radius 3 is 2.62 bits per heavy atom. The Balaban J connectivity index is 1.95. The highest BCUT2D eigenvalue weighted by Gasteiger charge is 2.17. The van der Waals surface area contributed by atoms with Crippen LogP contribution in [0.4, 0.5) is 5.82 Å². The van der Waals surface area contributed by atoms with Gasteiger partial charge in [-0.3, -0.25) is 4.79 Å². The van der Waals surface area contributed by atoms with Gasteiger partial charge in [-0.05, 0) is 12.5 Å². The number of benzene rings is 1. The molecular formula is C15H18N4OS. The third-order valence-electron chi connectivity index (χ3n) is 3.28. The molecule has 0 fully saturated rings. The Bertz CT molecular complexity index is 606. The predicted molar refractivity (Wildman–Crippen MR) is 84.8 cm³/mol. The first-order valence-electron chi connectivity index (χ1n) is 6.59. The number of carbonyl (C=O) groups is 1. The lowest BCUT2D eigenvalue weighted by molar-refractivity contribution is -0.128. The van der Waals surface area contributed by atoms with Crippen LogP contribution in [0, 0.1) is 0 Å². The zero-order valence-electron chi connectivity index (χ0n) is 12.1. The second-order valence-corrected chi connectivity index (χ2v) is 5.59. The Kier molecular flexibility index (Phi) is 5.16. The van der Waals surface area contributed by atoms with Gasteiger partial charge in [0.2, 0.25) is 5.91 Å². The minimum atomic E-state index is 0.0264. The molecule has 0 radical (unpaired) electrons. The second-order valence-electron chi connectivity index (χ2n) is 4.63. The molecule has 110 valence electrons. The van der Waals surface area contributed by atoms with Gasteiger partial charge in [-0.2, -0.15) is 0 Å². The fourth-order valence-electron chi connectivity index (χ4n) is 1.85. The fraction of sp³-hybridized carbons (Fsp3) is 0.267. The highest BCUT2D eigenvalue weighted by Crippen LogP contribution is 2.23. The summed E-state index contributed by atoms with van der Waals surface area (Å²) >= 11 is 1.31. The van der Waals surface area contributed by atoms with Crippen LogP contribution in [0.2, 0.25) is 0 Å². The number of nitrogens with two attached hydrogens (primary N) is 1. The number of hydrogen-bond acceptors (Lipinski definition) is 5. The van der Waals surface area contributed by atoms with Crippen molar-refractivity contribution in [2.24, 2.45) is 0 Å². The molecule has 1 aromatic heterocycles. The van der Waals surface area contributed by atoms with Gasteiger partial charge in [0.1, 0.15) is 5.03 Å². The Hall–Kier alpha value is -2.08. The van der Waals surface area contributed by atoms with Crippen LogP contribution in [-0.4, -0.2) is 33.6 Å². The van der Waals surface area contributed by atoms with Gasteiger partial charge in [0.05, 0.1) is 11.8 Å². The van der Waals surface area contributed by atoms with E-state index < -0.39 is 0 Å². The molecule has 0 spiro atoms. The molecule has 0 aliphatic rings. The van der Waals surface area contributed by atoms with Crippen molar-refractivity contribution in [3.8, 4) is 0 Å². The van der Waals surface area contributed by atoms with E-state index in [1.807, 2.05) is 37.3 Å². The minimum Gasteiger partial charge on any atom is -0.381 e. The summed E-state index contributed by atoms with van der Waals surface area (Å²) in [6.45, 7) is 2.01. The van der Waals surface area contributed by atoms with Crippen LogP contribution in [0.5, 0.6) is 0 Å². The molecule has 0 bridgehead atoms. The molecule has 0 aliphatic heterocycles. The largest absolute Gasteiger partial charge is 0.381 e. The molecule has 1 unspecified atom stereocenters. The van der Waals surface area contributed by atoms with Crippen LogP contribution < -0.4 is 5.73 Å². The van der Waals surface area contributed by atoms with Gasteiger partial charge in [-0.15, -0.1) is 0 Å². The number of nitrogen functional groups attached to an aromatic ring is 1. The average Bonchev–Trinajstić information content (AvgIpc) is 2.53. The van der Waals surface area contributed by atoms with Gasteiger partial charge in [-0.1, -0.05) is 42.1 Å². The van der Waals surface area contributed by atoms with Crippen LogP contribution in [0.15, 0.2) is 47.8 Å². The van der Waals surface area contributed by atoms with E-state index in [2.05, 4.69) is 9.97 Å². The molecular weight excluding hydrogens is 284 g/mol. The number of anilines is 1. The summed E-state index contributed by atoms with van der Waals surface area (Å²) in [5.74, 6) is 0.673. The maximum Gasteiger partial charge on any atom is 0.233 e. The Morgan fingerprint density at radius 1 is 1.29 bits per heavy atom. The summed E-state index contributed by atoms with van der Waals surface area (Å²) in [4.78, 5) is 22.1. The van der Waals surface area contributed by atoms with Crippen LogP contribution in [0.3, 0.4) is 0 Å². The number of thioether (sulfide) groups is 1. The lowest BCUT2D eigenvalue weighted by Crippen LogP contribution is -2.31. The summed E-state index contributed by atoms with van der Waals surface area (Å²) in [5.41, 5.74) is 6.82. The van der Waals surface area contributed by atoms with E-state index in [1.54, 1.807) is 18.1 Å². The lowest BCUT2D eigenvalue weighted by Gasteiger charge is -2.25. The van der Waals surface area contributed by atoms with Gasteiger partial charge in [0, 0.05) is 19.4 Å². The molecule has 2 rings (SSSR count). The first-order valence-corrected chi connectivity index (χ1v) is 7.58. The van der Waals surface area contributed by atoms with Gasteiger partial charge in [0.25, 0.3) is 0 Å². The molecule has 2 N–H and O–H groups in total. The van der Waals surface area contributed by atoms with Crippen molar-refractivity contribution in [2.45, 2.75) is 18.0 Å². The predicted octanol–water partition coefficient (Wildman–Crippen LogP) is 2.37. The normalized spacial score (nSPS) is 11.9. The first kappa shape index (κ1) is 15.3. The fourth-order valence-corrected chi connectivity index (χ4v) is 2.65. The van der Waals surface area contributed by atoms with Gasteiger partial charge < -0.3 is 10.6 Å². The summed E-state index contributed by atoms with van der Waals surface area (Å²) in [6.07, 6.45) is 3.10. The van der Waals surface area contributed by atoms with E-state index >= 15 is 0 Å². The molecule has 0 saturated heterocycles. The molecule has 2 aromatic rings. The van der Waals surface area contributed by atoms with Crippen molar-refractivity contribution in [3.05, 3.63) is 48.3 Å². The maximum atomic E-state index is 12.3. The zero-order valence-corrected chi connectivity index (χ0v) is 12.9. The van der Waals surface area contributed by atoms with Crippen molar-refractivity contribution in [3.63, 3.8) is 0 Å². The van der Waals surface area contributed by atoms with Crippen LogP contribution >= 0.6 is 11.8 Å². The number of hydrogen-bond donors (Lipinski definition) is 1. The standard InChI is InChI=1S/C15H18N4OS/c1-11(12-6-4-3-5-7-12)19(2)13(20)10-21-15-14(16)17-8-9-18-15/h3-9,11H,10H2,1-2H3,(H2,16,17). The van der Waals surface area contributed by atoms with Crippen LogP contribution in [-0.2, 0) is 4.79 Å². The van der Waals surface area contributed by atoms with Gasteiger partial charge in [-0.25, -0.2) is 9.97 Å². The highest BCUT2D eigenvalue weighted by atomic mass is 32.2. The molecule has 1 heterocycles. The number of carbonyl (C=O) groups excluding carboxylic acids is 1. The van der Waals surface area contributed by atoms with Gasteiger partial charge >= 0.3 is 0 Å². The summed E-state index contributed by atoms with van der Waals surface area (Å²) < 4.78 is 0. The lowest BCUT2D eigenvalue weighted by atomic mass is 10.1. The van der Waals surface area contributed by atoms with Gasteiger partial charge in [0.15, 0.2) is 5.82 Å². The number of amides is 1. The molecule has 5 nitrogen and oxygen atoms in total. The number of aromatic nitrogens is 2. The van der Waals surface area contributed by atoms with Crippen LogP contribution in [0.25, 0.3) is 0 Å². The summed E-state index contributed by atoms with van der Waals surface area (Å²) in [6, 6.07) is 9.96. The van der Waals surface area contributed by atoms with Crippen molar-refractivity contribution in [1.82, 2.24) is 14.9 Å². The van der Waals surface area contributed by atoms with E-state index in [4.69, 9.17) is 5.73 Å². The molecule has 0 aliphatic carbocycles. The van der Waals surface area contributed by atoms with E-state index in [-0.39, 0.29) is 17.7 Å². The Labute approximate surface area is 128 Å². The monoisotopic (exact) mass is 302 g/mol.